The van der Waals surface area contributed by atoms with Gasteiger partial charge >= 0.3 is 0 Å². The van der Waals surface area contributed by atoms with E-state index >= 15 is 0 Å². The average Bonchev–Trinajstić information content (AvgIpc) is 2.98. The Morgan fingerprint density at radius 2 is 1.93 bits per heavy atom. The highest BCUT2D eigenvalue weighted by Gasteiger charge is 2.19. The zero-order valence-corrected chi connectivity index (χ0v) is 10.3. The largest absolute Gasteiger partial charge is 0.314 e. The molecule has 0 spiro atoms. The molecule has 1 rings (SSSR count). The SMILES string of the molecule is CCCNS(=O)(=O)CCCCNC1CC1. The summed E-state index contributed by atoms with van der Waals surface area (Å²) in [4.78, 5) is 0. The van der Waals surface area contributed by atoms with E-state index in [4.69, 9.17) is 0 Å². The standard InChI is InChI=1S/C10H22N2O2S/c1-2-7-12-15(13,14)9-4-3-8-11-10-5-6-10/h10-12H,2-9H2,1H3. The van der Waals surface area contributed by atoms with Gasteiger partial charge in [-0.05, 0) is 38.6 Å². The van der Waals surface area contributed by atoms with Crippen LogP contribution in [0.15, 0.2) is 0 Å². The maximum absolute atomic E-state index is 11.4. The zero-order valence-electron chi connectivity index (χ0n) is 9.46. The van der Waals surface area contributed by atoms with Crippen molar-refractivity contribution in [1.82, 2.24) is 10.0 Å². The van der Waals surface area contributed by atoms with Crippen LogP contribution in [0.3, 0.4) is 0 Å². The molecule has 0 unspecified atom stereocenters. The molecule has 0 aromatic heterocycles. The van der Waals surface area contributed by atoms with Crippen LogP contribution in [0.4, 0.5) is 0 Å². The lowest BCUT2D eigenvalue weighted by molar-refractivity contribution is 0.572. The van der Waals surface area contributed by atoms with E-state index in [1.165, 1.54) is 12.8 Å². The van der Waals surface area contributed by atoms with Gasteiger partial charge < -0.3 is 5.32 Å². The second-order valence-corrected chi connectivity index (χ2v) is 6.08. The van der Waals surface area contributed by atoms with E-state index in [1.54, 1.807) is 0 Å². The predicted molar refractivity (Wildman–Crippen MR) is 62.3 cm³/mol. The fraction of sp³-hybridized carbons (Fsp3) is 1.00. The van der Waals surface area contributed by atoms with Crippen LogP contribution in [-0.2, 0) is 10.0 Å². The maximum atomic E-state index is 11.4. The van der Waals surface area contributed by atoms with Gasteiger partial charge in [-0.25, -0.2) is 13.1 Å². The Morgan fingerprint density at radius 1 is 1.20 bits per heavy atom. The Labute approximate surface area is 92.9 Å². The third-order valence-corrected chi connectivity index (χ3v) is 3.89. The first-order chi connectivity index (χ1) is 7.14. The van der Waals surface area contributed by atoms with E-state index in [0.29, 0.717) is 6.54 Å². The van der Waals surface area contributed by atoms with Crippen LogP contribution in [0.2, 0.25) is 0 Å². The molecule has 0 aliphatic heterocycles. The number of sulfonamides is 1. The third-order valence-electron chi connectivity index (χ3n) is 2.42. The molecule has 1 fully saturated rings. The molecule has 0 aromatic rings. The summed E-state index contributed by atoms with van der Waals surface area (Å²) in [6.45, 7) is 3.47. The van der Waals surface area contributed by atoms with E-state index in [1.807, 2.05) is 6.92 Å². The number of nitrogens with one attached hydrogen (secondary N) is 2. The van der Waals surface area contributed by atoms with Crippen LogP contribution in [-0.4, -0.2) is 33.3 Å². The molecule has 0 amide bonds. The van der Waals surface area contributed by atoms with E-state index in [9.17, 15) is 8.42 Å². The summed E-state index contributed by atoms with van der Waals surface area (Å²) in [6.07, 6.45) is 5.12. The van der Waals surface area contributed by atoms with Gasteiger partial charge in [0.25, 0.3) is 0 Å². The van der Waals surface area contributed by atoms with Crippen LogP contribution < -0.4 is 10.0 Å². The Hall–Kier alpha value is -0.130. The lowest BCUT2D eigenvalue weighted by Gasteiger charge is -2.05. The summed E-state index contributed by atoms with van der Waals surface area (Å²) >= 11 is 0. The van der Waals surface area contributed by atoms with Crippen LogP contribution in [0.25, 0.3) is 0 Å². The van der Waals surface area contributed by atoms with Crippen molar-refractivity contribution in [2.24, 2.45) is 0 Å². The van der Waals surface area contributed by atoms with Crippen molar-refractivity contribution in [3.63, 3.8) is 0 Å². The molecule has 0 radical (unpaired) electrons. The highest BCUT2D eigenvalue weighted by molar-refractivity contribution is 7.89. The number of hydrogen-bond acceptors (Lipinski definition) is 3. The average molecular weight is 234 g/mol. The van der Waals surface area contributed by atoms with Gasteiger partial charge in [0, 0.05) is 12.6 Å². The summed E-state index contributed by atoms with van der Waals surface area (Å²) in [5.74, 6) is 0.263. The predicted octanol–water partition coefficient (Wildman–Crippen LogP) is 0.848. The first-order valence-corrected chi connectivity index (χ1v) is 7.50. The van der Waals surface area contributed by atoms with Crippen molar-refractivity contribution < 1.29 is 8.42 Å². The van der Waals surface area contributed by atoms with Gasteiger partial charge in [-0.3, -0.25) is 0 Å². The molecule has 0 heterocycles. The van der Waals surface area contributed by atoms with Gasteiger partial charge in [0.1, 0.15) is 0 Å². The quantitative estimate of drug-likeness (QED) is 0.581. The Morgan fingerprint density at radius 3 is 2.53 bits per heavy atom. The summed E-state index contributed by atoms with van der Waals surface area (Å²) in [5.41, 5.74) is 0. The van der Waals surface area contributed by atoms with E-state index < -0.39 is 10.0 Å². The van der Waals surface area contributed by atoms with Crippen molar-refractivity contribution in [2.45, 2.75) is 45.1 Å². The molecule has 0 aromatic carbocycles. The molecular weight excluding hydrogens is 212 g/mol. The fourth-order valence-corrected chi connectivity index (χ4v) is 2.58. The molecular formula is C10H22N2O2S. The van der Waals surface area contributed by atoms with Crippen molar-refractivity contribution in [2.75, 3.05) is 18.8 Å². The highest BCUT2D eigenvalue weighted by Crippen LogP contribution is 2.18. The van der Waals surface area contributed by atoms with Gasteiger partial charge in [0.2, 0.25) is 10.0 Å². The Bertz CT molecular complexity index is 261. The molecule has 0 atom stereocenters. The normalized spacial score (nSPS) is 16.9. The van der Waals surface area contributed by atoms with Crippen molar-refractivity contribution in [3.8, 4) is 0 Å². The van der Waals surface area contributed by atoms with Crippen molar-refractivity contribution in [3.05, 3.63) is 0 Å². The Kier molecular flexibility index (Phi) is 5.56. The highest BCUT2D eigenvalue weighted by atomic mass is 32.2. The second kappa shape index (κ2) is 6.45. The molecule has 0 saturated heterocycles. The molecule has 90 valence electrons. The van der Waals surface area contributed by atoms with Crippen LogP contribution in [0.5, 0.6) is 0 Å². The number of rotatable bonds is 9. The maximum Gasteiger partial charge on any atom is 0.211 e. The first kappa shape index (κ1) is 12.9. The van der Waals surface area contributed by atoms with Crippen molar-refractivity contribution >= 4 is 10.0 Å². The monoisotopic (exact) mass is 234 g/mol. The third kappa shape index (κ3) is 6.87. The molecule has 5 heteroatoms. The van der Waals surface area contributed by atoms with Crippen molar-refractivity contribution in [1.29, 1.82) is 0 Å². The summed E-state index contributed by atoms with van der Waals surface area (Å²) in [5, 5.41) is 3.37. The summed E-state index contributed by atoms with van der Waals surface area (Å²) in [6, 6.07) is 0.722. The smallest absolute Gasteiger partial charge is 0.211 e. The van der Waals surface area contributed by atoms with Gasteiger partial charge in [-0.2, -0.15) is 0 Å². The second-order valence-electron chi connectivity index (χ2n) is 4.15. The summed E-state index contributed by atoms with van der Waals surface area (Å²) in [7, 11) is -3.01. The minimum Gasteiger partial charge on any atom is -0.314 e. The lowest BCUT2D eigenvalue weighted by atomic mass is 10.3. The van der Waals surface area contributed by atoms with Gasteiger partial charge in [-0.1, -0.05) is 6.92 Å². The Balaban J connectivity index is 1.96. The molecule has 1 aliphatic carbocycles. The van der Waals surface area contributed by atoms with Crippen LogP contribution in [0, 0.1) is 0 Å². The number of unbranched alkanes of at least 4 members (excludes halogenated alkanes) is 1. The van der Waals surface area contributed by atoms with Crippen LogP contribution >= 0.6 is 0 Å². The lowest BCUT2D eigenvalue weighted by Crippen LogP contribution is -2.27. The molecule has 4 nitrogen and oxygen atoms in total. The molecule has 15 heavy (non-hydrogen) atoms. The first-order valence-electron chi connectivity index (χ1n) is 5.85. The van der Waals surface area contributed by atoms with Gasteiger partial charge in [0.05, 0.1) is 5.75 Å². The fourth-order valence-electron chi connectivity index (χ4n) is 1.34. The van der Waals surface area contributed by atoms with Crippen LogP contribution in [0.1, 0.15) is 39.0 Å². The minimum absolute atomic E-state index is 0.263. The minimum atomic E-state index is -3.01. The van der Waals surface area contributed by atoms with Gasteiger partial charge in [0.15, 0.2) is 0 Å². The van der Waals surface area contributed by atoms with E-state index in [2.05, 4.69) is 10.0 Å². The number of hydrogen-bond donors (Lipinski definition) is 2. The topological polar surface area (TPSA) is 58.2 Å². The molecule has 1 aliphatic rings. The zero-order chi connectivity index (χ0) is 11.1. The van der Waals surface area contributed by atoms with Gasteiger partial charge in [-0.15, -0.1) is 0 Å². The summed E-state index contributed by atoms with van der Waals surface area (Å²) < 4.78 is 25.3. The molecule has 1 saturated carbocycles. The van der Waals surface area contributed by atoms with E-state index in [-0.39, 0.29) is 5.75 Å². The van der Waals surface area contributed by atoms with E-state index in [0.717, 1.165) is 31.8 Å². The molecule has 0 bridgehead atoms. The molecule has 2 N–H and O–H groups in total.